The molecule has 3 nitrogen and oxygen atoms in total. The fourth-order valence-corrected chi connectivity index (χ4v) is 3.51. The molecule has 0 aliphatic carbocycles. The summed E-state index contributed by atoms with van der Waals surface area (Å²) in [4.78, 5) is 17.5. The molecular formula is C15H11F3N2OS. The lowest BCUT2D eigenvalue weighted by molar-refractivity contribution is -0.128. The minimum absolute atomic E-state index is 0.0208. The third-order valence-electron chi connectivity index (χ3n) is 3.36. The summed E-state index contributed by atoms with van der Waals surface area (Å²) in [5, 5.41) is -0.244. The molecular weight excluding hydrogens is 313 g/mol. The lowest BCUT2D eigenvalue weighted by Gasteiger charge is -2.24. The van der Waals surface area contributed by atoms with Crippen molar-refractivity contribution >= 4 is 17.7 Å². The highest BCUT2D eigenvalue weighted by Gasteiger charge is 2.33. The topological polar surface area (TPSA) is 33.2 Å². The van der Waals surface area contributed by atoms with E-state index < -0.39 is 17.5 Å². The second kappa shape index (κ2) is 6.00. The monoisotopic (exact) mass is 324 g/mol. The predicted octanol–water partition coefficient (Wildman–Crippen LogP) is 3.27. The summed E-state index contributed by atoms with van der Waals surface area (Å²) in [5.74, 6) is -3.85. The van der Waals surface area contributed by atoms with Crippen molar-refractivity contribution < 1.29 is 18.0 Å². The number of thioether (sulfide) groups is 1. The van der Waals surface area contributed by atoms with Crippen LogP contribution in [0.15, 0.2) is 36.7 Å². The third kappa shape index (κ3) is 2.81. The van der Waals surface area contributed by atoms with Crippen molar-refractivity contribution in [3.05, 3.63) is 65.2 Å². The fourth-order valence-electron chi connectivity index (χ4n) is 2.33. The van der Waals surface area contributed by atoms with Gasteiger partial charge in [-0.05, 0) is 35.4 Å². The van der Waals surface area contributed by atoms with E-state index in [4.69, 9.17) is 0 Å². The van der Waals surface area contributed by atoms with Gasteiger partial charge in [0.1, 0.15) is 5.37 Å². The number of aromatic nitrogens is 1. The molecule has 1 saturated heterocycles. The molecule has 1 unspecified atom stereocenters. The normalized spacial score (nSPS) is 18.0. The first kappa shape index (κ1) is 14.9. The SMILES string of the molecule is O=C1CSC(c2ccncc2)N1Cc1cc(F)c(F)c(F)c1. The van der Waals surface area contributed by atoms with Crippen molar-refractivity contribution in [2.75, 3.05) is 5.75 Å². The van der Waals surface area contributed by atoms with Crippen LogP contribution in [0.25, 0.3) is 0 Å². The van der Waals surface area contributed by atoms with Crippen LogP contribution in [0.1, 0.15) is 16.5 Å². The number of halogens is 3. The van der Waals surface area contributed by atoms with E-state index in [0.717, 1.165) is 17.7 Å². The molecule has 7 heteroatoms. The Kier molecular flexibility index (Phi) is 4.06. The zero-order valence-corrected chi connectivity index (χ0v) is 12.1. The Hall–Kier alpha value is -2.02. The molecule has 1 fully saturated rings. The molecule has 1 aromatic heterocycles. The number of amides is 1. The fraction of sp³-hybridized carbons (Fsp3) is 0.200. The molecule has 2 heterocycles. The number of hydrogen-bond acceptors (Lipinski definition) is 3. The van der Waals surface area contributed by atoms with E-state index in [2.05, 4.69) is 4.98 Å². The Morgan fingerprint density at radius 1 is 1.18 bits per heavy atom. The van der Waals surface area contributed by atoms with Gasteiger partial charge in [-0.3, -0.25) is 9.78 Å². The van der Waals surface area contributed by atoms with Crippen LogP contribution in [0.2, 0.25) is 0 Å². The molecule has 0 radical (unpaired) electrons. The molecule has 1 aromatic carbocycles. The zero-order valence-electron chi connectivity index (χ0n) is 11.3. The Bertz CT molecular complexity index is 688. The largest absolute Gasteiger partial charge is 0.322 e. The van der Waals surface area contributed by atoms with E-state index in [0.29, 0.717) is 5.75 Å². The minimum Gasteiger partial charge on any atom is -0.322 e. The first-order valence-corrected chi connectivity index (χ1v) is 7.55. The van der Waals surface area contributed by atoms with Gasteiger partial charge < -0.3 is 4.90 Å². The van der Waals surface area contributed by atoms with Gasteiger partial charge in [-0.15, -0.1) is 11.8 Å². The smallest absolute Gasteiger partial charge is 0.234 e. The number of carbonyl (C=O) groups is 1. The Balaban J connectivity index is 1.88. The second-order valence-electron chi connectivity index (χ2n) is 4.84. The zero-order chi connectivity index (χ0) is 15.7. The lowest BCUT2D eigenvalue weighted by Crippen LogP contribution is -2.27. The molecule has 0 saturated carbocycles. The van der Waals surface area contributed by atoms with E-state index in [1.165, 1.54) is 16.7 Å². The predicted molar refractivity (Wildman–Crippen MR) is 76.3 cm³/mol. The van der Waals surface area contributed by atoms with Crippen LogP contribution in [-0.2, 0) is 11.3 Å². The maximum atomic E-state index is 13.3. The van der Waals surface area contributed by atoms with Gasteiger partial charge in [0.15, 0.2) is 17.5 Å². The number of pyridine rings is 1. The van der Waals surface area contributed by atoms with Crippen LogP contribution in [0.4, 0.5) is 13.2 Å². The molecule has 1 aliphatic rings. The Morgan fingerprint density at radius 2 is 1.82 bits per heavy atom. The summed E-state index contributed by atoms with van der Waals surface area (Å²) in [6.07, 6.45) is 3.24. The maximum absolute atomic E-state index is 13.3. The van der Waals surface area contributed by atoms with Gasteiger partial charge in [0.2, 0.25) is 5.91 Å². The van der Waals surface area contributed by atoms with Crippen molar-refractivity contribution in [1.29, 1.82) is 0 Å². The number of hydrogen-bond donors (Lipinski definition) is 0. The highest BCUT2D eigenvalue weighted by atomic mass is 32.2. The molecule has 22 heavy (non-hydrogen) atoms. The lowest BCUT2D eigenvalue weighted by atomic mass is 10.1. The first-order chi connectivity index (χ1) is 10.6. The molecule has 0 spiro atoms. The molecule has 1 amide bonds. The molecule has 0 N–H and O–H groups in total. The van der Waals surface area contributed by atoms with Crippen LogP contribution in [0, 0.1) is 17.5 Å². The quantitative estimate of drug-likeness (QED) is 0.813. The van der Waals surface area contributed by atoms with Gasteiger partial charge in [-0.1, -0.05) is 0 Å². The highest BCUT2D eigenvalue weighted by molar-refractivity contribution is 8.00. The van der Waals surface area contributed by atoms with Crippen LogP contribution in [0.5, 0.6) is 0 Å². The van der Waals surface area contributed by atoms with Gasteiger partial charge in [0.25, 0.3) is 0 Å². The molecule has 2 aromatic rings. The second-order valence-corrected chi connectivity index (χ2v) is 5.91. The molecule has 3 rings (SSSR count). The van der Waals surface area contributed by atoms with Gasteiger partial charge in [-0.25, -0.2) is 13.2 Å². The standard InChI is InChI=1S/C15H11F3N2OS/c16-11-5-9(6-12(17)14(11)18)7-20-13(21)8-22-15(20)10-1-3-19-4-2-10/h1-6,15H,7-8H2. The average Bonchev–Trinajstić information content (AvgIpc) is 2.87. The van der Waals surface area contributed by atoms with Crippen LogP contribution < -0.4 is 0 Å². The van der Waals surface area contributed by atoms with Crippen molar-refractivity contribution in [3.8, 4) is 0 Å². The Labute approximate surface area is 129 Å². The van der Waals surface area contributed by atoms with E-state index in [1.807, 2.05) is 0 Å². The van der Waals surface area contributed by atoms with E-state index in [1.54, 1.807) is 24.5 Å². The van der Waals surface area contributed by atoms with E-state index in [-0.39, 0.29) is 23.4 Å². The van der Waals surface area contributed by atoms with Gasteiger partial charge in [0.05, 0.1) is 5.75 Å². The van der Waals surface area contributed by atoms with Crippen molar-refractivity contribution in [2.45, 2.75) is 11.9 Å². The molecule has 1 atom stereocenters. The van der Waals surface area contributed by atoms with Crippen molar-refractivity contribution in [2.24, 2.45) is 0 Å². The first-order valence-electron chi connectivity index (χ1n) is 6.50. The third-order valence-corrected chi connectivity index (χ3v) is 4.61. The summed E-state index contributed by atoms with van der Waals surface area (Å²) >= 11 is 1.43. The minimum atomic E-state index is -1.50. The highest BCUT2D eigenvalue weighted by Crippen LogP contribution is 2.39. The van der Waals surface area contributed by atoms with Crippen LogP contribution >= 0.6 is 11.8 Å². The molecule has 0 bridgehead atoms. The summed E-state index contributed by atoms with van der Waals surface area (Å²) in [6, 6.07) is 5.40. The van der Waals surface area contributed by atoms with E-state index in [9.17, 15) is 18.0 Å². The van der Waals surface area contributed by atoms with Gasteiger partial charge >= 0.3 is 0 Å². The number of nitrogens with zero attached hydrogens (tertiary/aromatic N) is 2. The van der Waals surface area contributed by atoms with Crippen LogP contribution in [0.3, 0.4) is 0 Å². The average molecular weight is 324 g/mol. The van der Waals surface area contributed by atoms with Crippen molar-refractivity contribution in [1.82, 2.24) is 9.88 Å². The Morgan fingerprint density at radius 3 is 2.45 bits per heavy atom. The summed E-state index contributed by atoms with van der Waals surface area (Å²) < 4.78 is 39.6. The number of rotatable bonds is 3. The maximum Gasteiger partial charge on any atom is 0.234 e. The number of carbonyl (C=O) groups excluding carboxylic acids is 1. The summed E-state index contributed by atoms with van der Waals surface area (Å²) in [7, 11) is 0. The van der Waals surface area contributed by atoms with Gasteiger partial charge in [0, 0.05) is 18.9 Å². The summed E-state index contributed by atoms with van der Waals surface area (Å²) in [5.41, 5.74) is 1.10. The number of benzene rings is 1. The van der Waals surface area contributed by atoms with E-state index >= 15 is 0 Å². The van der Waals surface area contributed by atoms with Crippen molar-refractivity contribution in [3.63, 3.8) is 0 Å². The molecule has 1 aliphatic heterocycles. The molecule has 114 valence electrons. The van der Waals surface area contributed by atoms with Gasteiger partial charge in [-0.2, -0.15) is 0 Å². The van der Waals surface area contributed by atoms with Crippen LogP contribution in [-0.4, -0.2) is 21.5 Å². The summed E-state index contributed by atoms with van der Waals surface area (Å²) in [6.45, 7) is 0.0208.